The number of benzene rings is 2. The van der Waals surface area contributed by atoms with Gasteiger partial charge in [0.2, 0.25) is 17.7 Å². The van der Waals surface area contributed by atoms with Gasteiger partial charge < -0.3 is 0 Å². The predicted molar refractivity (Wildman–Crippen MR) is 101 cm³/mol. The van der Waals surface area contributed by atoms with Gasteiger partial charge in [-0.1, -0.05) is 80.4 Å². The third-order valence-electron chi connectivity index (χ3n) is 4.14. The van der Waals surface area contributed by atoms with E-state index in [0.717, 1.165) is 28.9 Å². The third kappa shape index (κ3) is 5.96. The summed E-state index contributed by atoms with van der Waals surface area (Å²) in [7, 11) is 0. The van der Waals surface area contributed by atoms with Gasteiger partial charge in [0, 0.05) is 6.42 Å². The van der Waals surface area contributed by atoms with Crippen LogP contribution >= 0.6 is 0 Å². The Hall–Kier alpha value is -2.75. The summed E-state index contributed by atoms with van der Waals surface area (Å²) in [5, 5.41) is 0. The van der Waals surface area contributed by atoms with Crippen molar-refractivity contribution in [3.05, 3.63) is 71.8 Å². The molecule has 0 aliphatic heterocycles. The van der Waals surface area contributed by atoms with Crippen LogP contribution in [0.15, 0.2) is 60.7 Å². The zero-order valence-electron chi connectivity index (χ0n) is 15.2. The lowest BCUT2D eigenvalue weighted by molar-refractivity contribution is -0.153. The molecule has 3 amide bonds. The molecular formula is C22H25NO3. The van der Waals surface area contributed by atoms with Crippen molar-refractivity contribution in [3.8, 4) is 0 Å². The van der Waals surface area contributed by atoms with Crippen molar-refractivity contribution in [2.45, 2.75) is 45.4 Å². The number of amides is 3. The highest BCUT2D eigenvalue weighted by Crippen LogP contribution is 2.11. The number of carbonyl (C=O) groups excluding carboxylic acids is 3. The summed E-state index contributed by atoms with van der Waals surface area (Å²) in [5.41, 5.74) is 1.58. The van der Waals surface area contributed by atoms with E-state index in [1.807, 2.05) is 67.6 Å². The minimum absolute atomic E-state index is 0.0425. The van der Waals surface area contributed by atoms with E-state index in [-0.39, 0.29) is 19.3 Å². The number of hydrogen-bond acceptors (Lipinski definition) is 3. The second-order valence-electron chi connectivity index (χ2n) is 6.30. The molecule has 0 radical (unpaired) electrons. The van der Waals surface area contributed by atoms with Crippen molar-refractivity contribution in [2.75, 3.05) is 0 Å². The highest BCUT2D eigenvalue weighted by molar-refractivity contribution is 6.11. The first kappa shape index (κ1) is 19.6. The normalized spacial score (nSPS) is 10.3. The maximum absolute atomic E-state index is 12.7. The first-order chi connectivity index (χ1) is 12.6. The molecule has 0 spiro atoms. The number of rotatable bonds is 8. The van der Waals surface area contributed by atoms with E-state index in [2.05, 4.69) is 0 Å². The zero-order chi connectivity index (χ0) is 18.8. The van der Waals surface area contributed by atoms with Crippen molar-refractivity contribution < 1.29 is 14.4 Å². The van der Waals surface area contributed by atoms with E-state index in [1.165, 1.54) is 0 Å². The standard InChI is InChI=1S/C22H25NO3/c1-2-3-6-15-20(24)23(21(25)16-18-11-7-4-8-12-18)22(26)17-19-13-9-5-10-14-19/h4-5,7-14H,2-3,6,15-17H2,1H3. The monoisotopic (exact) mass is 351 g/mol. The lowest BCUT2D eigenvalue weighted by Gasteiger charge is -2.19. The minimum Gasteiger partial charge on any atom is -0.274 e. The number of unbranched alkanes of at least 4 members (excludes halogenated alkanes) is 2. The SMILES string of the molecule is CCCCCC(=O)N(C(=O)Cc1ccccc1)C(=O)Cc1ccccc1. The van der Waals surface area contributed by atoms with Crippen LogP contribution in [0.1, 0.15) is 43.7 Å². The Morgan fingerprint density at radius 3 is 1.58 bits per heavy atom. The Morgan fingerprint density at radius 2 is 1.15 bits per heavy atom. The molecule has 2 rings (SSSR count). The molecule has 4 nitrogen and oxygen atoms in total. The fourth-order valence-corrected chi connectivity index (χ4v) is 2.75. The third-order valence-corrected chi connectivity index (χ3v) is 4.14. The average Bonchev–Trinajstić information content (AvgIpc) is 2.63. The molecule has 0 aliphatic rings. The van der Waals surface area contributed by atoms with Crippen LogP contribution in [0.4, 0.5) is 0 Å². The summed E-state index contributed by atoms with van der Waals surface area (Å²) in [5.74, 6) is -1.32. The van der Waals surface area contributed by atoms with Gasteiger partial charge in [0.25, 0.3) is 0 Å². The zero-order valence-corrected chi connectivity index (χ0v) is 15.2. The molecule has 0 saturated carbocycles. The summed E-state index contributed by atoms with van der Waals surface area (Å²) in [6, 6.07) is 18.3. The topological polar surface area (TPSA) is 54.5 Å². The molecule has 136 valence electrons. The fourth-order valence-electron chi connectivity index (χ4n) is 2.75. The molecule has 0 saturated heterocycles. The van der Waals surface area contributed by atoms with E-state index in [4.69, 9.17) is 0 Å². The van der Waals surface area contributed by atoms with Gasteiger partial charge in [-0.3, -0.25) is 14.4 Å². The second-order valence-corrected chi connectivity index (χ2v) is 6.30. The van der Waals surface area contributed by atoms with E-state index < -0.39 is 17.7 Å². The lowest BCUT2D eigenvalue weighted by atomic mass is 10.1. The second kappa shape index (κ2) is 10.3. The molecule has 2 aromatic carbocycles. The Bertz CT molecular complexity index is 672. The summed E-state index contributed by atoms with van der Waals surface area (Å²) in [6.07, 6.45) is 2.86. The highest BCUT2D eigenvalue weighted by Gasteiger charge is 2.27. The summed E-state index contributed by atoms with van der Waals surface area (Å²) >= 11 is 0. The molecule has 0 bridgehead atoms. The van der Waals surface area contributed by atoms with Gasteiger partial charge in [-0.25, -0.2) is 4.90 Å². The van der Waals surface area contributed by atoms with Crippen molar-refractivity contribution in [2.24, 2.45) is 0 Å². The molecular weight excluding hydrogens is 326 g/mol. The maximum Gasteiger partial charge on any atom is 0.240 e. The Balaban J connectivity index is 2.13. The maximum atomic E-state index is 12.7. The van der Waals surface area contributed by atoms with Gasteiger partial charge >= 0.3 is 0 Å². The molecule has 2 aromatic rings. The summed E-state index contributed by atoms with van der Waals surface area (Å²) in [6.45, 7) is 2.04. The van der Waals surface area contributed by atoms with Gasteiger partial charge in [-0.05, 0) is 17.5 Å². The quantitative estimate of drug-likeness (QED) is 0.677. The average molecular weight is 351 g/mol. The van der Waals surface area contributed by atoms with Crippen molar-refractivity contribution in [1.82, 2.24) is 4.90 Å². The van der Waals surface area contributed by atoms with Crippen LogP contribution in [0.25, 0.3) is 0 Å². The fraction of sp³-hybridized carbons (Fsp3) is 0.318. The smallest absolute Gasteiger partial charge is 0.240 e. The van der Waals surface area contributed by atoms with Crippen LogP contribution in [0.5, 0.6) is 0 Å². The molecule has 0 heterocycles. The van der Waals surface area contributed by atoms with Crippen LogP contribution in [0.3, 0.4) is 0 Å². The van der Waals surface area contributed by atoms with E-state index >= 15 is 0 Å². The Labute approximate surface area is 154 Å². The minimum atomic E-state index is -0.460. The predicted octanol–water partition coefficient (Wildman–Crippen LogP) is 3.93. The Morgan fingerprint density at radius 1 is 0.692 bits per heavy atom. The number of carbonyl (C=O) groups is 3. The number of hydrogen-bond donors (Lipinski definition) is 0. The number of nitrogens with zero attached hydrogens (tertiary/aromatic N) is 1. The van der Waals surface area contributed by atoms with E-state index in [1.54, 1.807) is 0 Å². The van der Waals surface area contributed by atoms with Crippen LogP contribution in [-0.4, -0.2) is 22.6 Å². The van der Waals surface area contributed by atoms with Crippen molar-refractivity contribution in [1.29, 1.82) is 0 Å². The number of imide groups is 3. The van der Waals surface area contributed by atoms with Crippen LogP contribution in [0.2, 0.25) is 0 Å². The van der Waals surface area contributed by atoms with E-state index in [0.29, 0.717) is 6.42 Å². The van der Waals surface area contributed by atoms with Crippen molar-refractivity contribution in [3.63, 3.8) is 0 Å². The van der Waals surface area contributed by atoms with Crippen LogP contribution < -0.4 is 0 Å². The lowest BCUT2D eigenvalue weighted by Crippen LogP contribution is -2.43. The van der Waals surface area contributed by atoms with Gasteiger partial charge in [-0.2, -0.15) is 0 Å². The molecule has 0 N–H and O–H groups in total. The summed E-state index contributed by atoms with van der Waals surface area (Å²) in [4.78, 5) is 38.8. The largest absolute Gasteiger partial charge is 0.274 e. The highest BCUT2D eigenvalue weighted by atomic mass is 16.2. The first-order valence-corrected chi connectivity index (χ1v) is 9.08. The molecule has 0 aromatic heterocycles. The van der Waals surface area contributed by atoms with Crippen molar-refractivity contribution >= 4 is 17.7 Å². The molecule has 0 fully saturated rings. The van der Waals surface area contributed by atoms with Crippen LogP contribution in [0, 0.1) is 0 Å². The van der Waals surface area contributed by atoms with Gasteiger partial charge in [0.05, 0.1) is 12.8 Å². The molecule has 26 heavy (non-hydrogen) atoms. The first-order valence-electron chi connectivity index (χ1n) is 9.08. The Kier molecular flexibility index (Phi) is 7.75. The van der Waals surface area contributed by atoms with Gasteiger partial charge in [0.1, 0.15) is 0 Å². The van der Waals surface area contributed by atoms with E-state index in [9.17, 15) is 14.4 Å². The molecule has 0 unspecified atom stereocenters. The summed E-state index contributed by atoms with van der Waals surface area (Å²) < 4.78 is 0. The molecule has 0 atom stereocenters. The van der Waals surface area contributed by atoms with Crippen LogP contribution in [-0.2, 0) is 27.2 Å². The van der Waals surface area contributed by atoms with Gasteiger partial charge in [0.15, 0.2) is 0 Å². The van der Waals surface area contributed by atoms with Gasteiger partial charge in [-0.15, -0.1) is 0 Å². The molecule has 4 heteroatoms. The molecule has 0 aliphatic carbocycles.